The molecule has 1 N–H and O–H groups in total. The number of nitrogens with zero attached hydrogens (tertiary/aromatic N) is 4. The van der Waals surface area contributed by atoms with Gasteiger partial charge in [-0.05, 0) is 51.0 Å². The van der Waals surface area contributed by atoms with E-state index >= 15 is 0 Å². The lowest BCUT2D eigenvalue weighted by molar-refractivity contribution is 0.0965. The number of anilines is 1. The van der Waals surface area contributed by atoms with Crippen LogP contribution in [0.4, 0.5) is 5.82 Å². The number of carbonyl (C=O) groups is 1. The number of pyridine rings is 1. The SMILES string of the molecule is C/C=C(\C)NC(=O)c1c(N2CCCC(C)(C)CC2)nc(C#N)c(C#N)c1C. The molecule has 1 aromatic heterocycles. The van der Waals surface area contributed by atoms with Gasteiger partial charge in [-0.25, -0.2) is 4.98 Å². The van der Waals surface area contributed by atoms with E-state index in [1.165, 1.54) is 0 Å². The number of carbonyl (C=O) groups excluding carboxylic acids is 1. The van der Waals surface area contributed by atoms with Gasteiger partial charge in [0.25, 0.3) is 5.91 Å². The van der Waals surface area contributed by atoms with Crippen LogP contribution in [-0.4, -0.2) is 24.0 Å². The lowest BCUT2D eigenvalue weighted by atomic mass is 9.85. The van der Waals surface area contributed by atoms with Crippen LogP contribution in [0.25, 0.3) is 0 Å². The molecule has 0 bridgehead atoms. The molecule has 1 aliphatic heterocycles. The molecule has 6 heteroatoms. The van der Waals surface area contributed by atoms with Crippen LogP contribution in [0, 0.1) is 35.0 Å². The first-order valence-electron chi connectivity index (χ1n) is 9.28. The van der Waals surface area contributed by atoms with E-state index in [2.05, 4.69) is 29.0 Å². The van der Waals surface area contributed by atoms with Crippen molar-refractivity contribution in [1.29, 1.82) is 10.5 Å². The summed E-state index contributed by atoms with van der Waals surface area (Å²) in [4.78, 5) is 19.5. The first-order chi connectivity index (χ1) is 12.7. The minimum absolute atomic E-state index is 0.0767. The Hall–Kier alpha value is -2.86. The van der Waals surface area contributed by atoms with Crippen LogP contribution in [-0.2, 0) is 0 Å². The lowest BCUT2D eigenvalue weighted by Crippen LogP contribution is -2.32. The second kappa shape index (κ2) is 8.22. The van der Waals surface area contributed by atoms with Crippen molar-refractivity contribution in [2.45, 2.75) is 53.9 Å². The van der Waals surface area contributed by atoms with Crippen molar-refractivity contribution in [2.75, 3.05) is 18.0 Å². The first kappa shape index (κ1) is 20.5. The number of allylic oxidation sites excluding steroid dienone is 2. The Morgan fingerprint density at radius 3 is 2.56 bits per heavy atom. The largest absolute Gasteiger partial charge is 0.356 e. The number of hydrogen-bond acceptors (Lipinski definition) is 5. The van der Waals surface area contributed by atoms with Crippen molar-refractivity contribution < 1.29 is 4.79 Å². The minimum Gasteiger partial charge on any atom is -0.356 e. The minimum atomic E-state index is -0.296. The molecular weight excluding hydrogens is 338 g/mol. The molecule has 1 saturated heterocycles. The van der Waals surface area contributed by atoms with Gasteiger partial charge in [0.05, 0.1) is 11.1 Å². The Balaban J connectivity index is 2.61. The standard InChI is InChI=1S/C21H27N5O/c1-6-14(2)24-20(27)18-15(3)16(12-22)17(13-23)25-19(18)26-10-7-8-21(4,5)9-11-26/h6H,7-11H2,1-5H3,(H,24,27)/b14-6+. The molecule has 1 aromatic rings. The molecule has 1 aliphatic rings. The topological polar surface area (TPSA) is 92.8 Å². The van der Waals surface area contributed by atoms with Gasteiger partial charge in [0.1, 0.15) is 18.0 Å². The Morgan fingerprint density at radius 2 is 1.96 bits per heavy atom. The third-order valence-electron chi connectivity index (χ3n) is 5.26. The van der Waals surface area contributed by atoms with Gasteiger partial charge in [0.15, 0.2) is 5.69 Å². The van der Waals surface area contributed by atoms with Gasteiger partial charge >= 0.3 is 0 Å². The normalized spacial score (nSPS) is 16.9. The summed E-state index contributed by atoms with van der Waals surface area (Å²) in [5.74, 6) is 0.206. The van der Waals surface area contributed by atoms with Crippen molar-refractivity contribution in [3.05, 3.63) is 34.2 Å². The van der Waals surface area contributed by atoms with Crippen LogP contribution < -0.4 is 10.2 Å². The van der Waals surface area contributed by atoms with E-state index in [-0.39, 0.29) is 22.6 Å². The monoisotopic (exact) mass is 365 g/mol. The molecule has 1 amide bonds. The second-order valence-electron chi connectivity index (χ2n) is 7.81. The summed E-state index contributed by atoms with van der Waals surface area (Å²) in [5, 5.41) is 21.8. The molecule has 0 radical (unpaired) electrons. The molecule has 2 heterocycles. The molecule has 0 atom stereocenters. The third-order valence-corrected chi connectivity index (χ3v) is 5.26. The average Bonchev–Trinajstić information content (AvgIpc) is 2.80. The van der Waals surface area contributed by atoms with Crippen LogP contribution in [0.3, 0.4) is 0 Å². The fourth-order valence-corrected chi connectivity index (χ4v) is 3.35. The second-order valence-corrected chi connectivity index (χ2v) is 7.81. The summed E-state index contributed by atoms with van der Waals surface area (Å²) >= 11 is 0. The lowest BCUT2D eigenvalue weighted by Gasteiger charge is -2.27. The zero-order chi connectivity index (χ0) is 20.2. The van der Waals surface area contributed by atoms with Crippen LogP contribution in [0.15, 0.2) is 11.8 Å². The number of amides is 1. The number of aromatic nitrogens is 1. The van der Waals surface area contributed by atoms with E-state index in [0.29, 0.717) is 16.9 Å². The van der Waals surface area contributed by atoms with E-state index in [9.17, 15) is 15.3 Å². The van der Waals surface area contributed by atoms with E-state index in [1.807, 2.05) is 32.1 Å². The van der Waals surface area contributed by atoms with Crippen molar-refractivity contribution in [3.63, 3.8) is 0 Å². The Morgan fingerprint density at radius 1 is 1.26 bits per heavy atom. The van der Waals surface area contributed by atoms with Gasteiger partial charge in [-0.3, -0.25) is 4.79 Å². The summed E-state index contributed by atoms with van der Waals surface area (Å²) in [6.45, 7) is 11.4. The highest BCUT2D eigenvalue weighted by molar-refractivity contribution is 6.02. The summed E-state index contributed by atoms with van der Waals surface area (Å²) in [7, 11) is 0. The maximum absolute atomic E-state index is 13.0. The molecule has 0 spiro atoms. The van der Waals surface area contributed by atoms with Crippen LogP contribution in [0.1, 0.15) is 74.1 Å². The fraction of sp³-hybridized carbons (Fsp3) is 0.524. The van der Waals surface area contributed by atoms with E-state index < -0.39 is 0 Å². The Labute approximate surface area is 161 Å². The number of hydrogen-bond donors (Lipinski definition) is 1. The highest BCUT2D eigenvalue weighted by atomic mass is 16.1. The highest BCUT2D eigenvalue weighted by Gasteiger charge is 2.29. The quantitative estimate of drug-likeness (QED) is 0.879. The fourth-order valence-electron chi connectivity index (χ4n) is 3.35. The van der Waals surface area contributed by atoms with Gasteiger partial charge < -0.3 is 10.2 Å². The maximum atomic E-state index is 13.0. The van der Waals surface area contributed by atoms with Gasteiger partial charge in [-0.2, -0.15) is 10.5 Å². The number of nitriles is 2. The van der Waals surface area contributed by atoms with Gasteiger partial charge in [0, 0.05) is 18.8 Å². The van der Waals surface area contributed by atoms with Crippen LogP contribution >= 0.6 is 0 Å². The molecule has 2 rings (SSSR count). The summed E-state index contributed by atoms with van der Waals surface area (Å²) in [6.07, 6.45) is 4.88. The average molecular weight is 365 g/mol. The summed E-state index contributed by atoms with van der Waals surface area (Å²) in [6, 6.07) is 4.05. The number of rotatable bonds is 3. The smallest absolute Gasteiger partial charge is 0.259 e. The highest BCUT2D eigenvalue weighted by Crippen LogP contribution is 2.33. The predicted molar refractivity (Wildman–Crippen MR) is 105 cm³/mol. The van der Waals surface area contributed by atoms with Crippen LogP contribution in [0.2, 0.25) is 0 Å². The molecule has 0 saturated carbocycles. The van der Waals surface area contributed by atoms with Crippen molar-refractivity contribution in [2.24, 2.45) is 5.41 Å². The van der Waals surface area contributed by atoms with E-state index in [4.69, 9.17) is 0 Å². The molecule has 1 fully saturated rings. The molecule has 0 aliphatic carbocycles. The predicted octanol–water partition coefficient (Wildman–Crippen LogP) is 3.80. The first-order valence-corrected chi connectivity index (χ1v) is 9.28. The molecule has 27 heavy (non-hydrogen) atoms. The third kappa shape index (κ3) is 4.46. The van der Waals surface area contributed by atoms with E-state index in [0.717, 1.165) is 38.0 Å². The summed E-state index contributed by atoms with van der Waals surface area (Å²) < 4.78 is 0. The van der Waals surface area contributed by atoms with Crippen molar-refractivity contribution in [3.8, 4) is 12.1 Å². The molecule has 0 unspecified atom stereocenters. The molecule has 6 nitrogen and oxygen atoms in total. The number of nitrogens with one attached hydrogen (secondary N) is 1. The zero-order valence-corrected chi connectivity index (χ0v) is 16.8. The Bertz CT molecular complexity index is 855. The molecule has 142 valence electrons. The van der Waals surface area contributed by atoms with Crippen molar-refractivity contribution >= 4 is 11.7 Å². The van der Waals surface area contributed by atoms with Gasteiger partial charge in [0.2, 0.25) is 0 Å². The van der Waals surface area contributed by atoms with E-state index in [1.54, 1.807) is 6.92 Å². The molecule has 0 aromatic carbocycles. The van der Waals surface area contributed by atoms with Crippen LogP contribution in [0.5, 0.6) is 0 Å². The van der Waals surface area contributed by atoms with Crippen molar-refractivity contribution in [1.82, 2.24) is 10.3 Å². The summed E-state index contributed by atoms with van der Waals surface area (Å²) in [5.41, 5.74) is 2.09. The Kier molecular flexibility index (Phi) is 6.23. The zero-order valence-electron chi connectivity index (χ0n) is 16.8. The van der Waals surface area contributed by atoms with Gasteiger partial charge in [-0.1, -0.05) is 19.9 Å². The molecular formula is C21H27N5O. The maximum Gasteiger partial charge on any atom is 0.259 e. The van der Waals surface area contributed by atoms with Gasteiger partial charge in [-0.15, -0.1) is 0 Å².